The minimum absolute atomic E-state index is 0.0364. The smallest absolute Gasteiger partial charge is 0.337 e. The summed E-state index contributed by atoms with van der Waals surface area (Å²) in [4.78, 5) is 11.6. The predicted molar refractivity (Wildman–Crippen MR) is 83.4 cm³/mol. The minimum Gasteiger partial charge on any atom is -0.490 e. The Kier molecular flexibility index (Phi) is 4.48. The van der Waals surface area contributed by atoms with Crippen LogP contribution >= 0.6 is 0 Å². The zero-order valence-corrected chi connectivity index (χ0v) is 12.4. The van der Waals surface area contributed by atoms with Crippen molar-refractivity contribution in [3.8, 4) is 16.9 Å². The van der Waals surface area contributed by atoms with Gasteiger partial charge < -0.3 is 15.2 Å². The Labute approximate surface area is 124 Å². The highest BCUT2D eigenvalue weighted by Gasteiger charge is 2.11. The van der Waals surface area contributed by atoms with Crippen molar-refractivity contribution >= 4 is 11.7 Å². The first-order chi connectivity index (χ1) is 10.0. The lowest BCUT2D eigenvalue weighted by Crippen LogP contribution is -2.07. The zero-order valence-electron chi connectivity index (χ0n) is 12.4. The lowest BCUT2D eigenvalue weighted by Gasteiger charge is -2.15. The van der Waals surface area contributed by atoms with Crippen molar-refractivity contribution in [1.82, 2.24) is 0 Å². The number of nitrogen functional groups attached to an aromatic ring is 1. The first-order valence-corrected chi connectivity index (χ1v) is 6.76. The van der Waals surface area contributed by atoms with E-state index in [4.69, 9.17) is 15.2 Å². The summed E-state index contributed by atoms with van der Waals surface area (Å²) >= 11 is 0. The number of esters is 1. The number of methoxy groups -OCH3 is 1. The molecule has 0 heterocycles. The van der Waals surface area contributed by atoms with Crippen LogP contribution in [0.4, 0.5) is 5.69 Å². The third-order valence-corrected chi connectivity index (χ3v) is 2.96. The Morgan fingerprint density at radius 1 is 1.14 bits per heavy atom. The molecule has 0 atom stereocenters. The predicted octanol–water partition coefficient (Wildman–Crippen LogP) is 3.51. The molecule has 0 unspecified atom stereocenters. The van der Waals surface area contributed by atoms with Gasteiger partial charge in [-0.25, -0.2) is 4.79 Å². The number of benzene rings is 2. The van der Waals surface area contributed by atoms with Gasteiger partial charge in [-0.3, -0.25) is 0 Å². The standard InChI is InChI=1S/C17H19NO3/c1-11(2)21-16-10-14(18)7-8-15(16)12-5-4-6-13(9-12)17(19)20-3/h4-11H,18H2,1-3H3. The minimum atomic E-state index is -0.362. The molecule has 0 radical (unpaired) electrons. The second kappa shape index (κ2) is 6.31. The largest absolute Gasteiger partial charge is 0.490 e. The van der Waals surface area contributed by atoms with Crippen molar-refractivity contribution in [3.63, 3.8) is 0 Å². The van der Waals surface area contributed by atoms with Gasteiger partial charge in [0.05, 0.1) is 18.8 Å². The van der Waals surface area contributed by atoms with Gasteiger partial charge in [-0.2, -0.15) is 0 Å². The van der Waals surface area contributed by atoms with Gasteiger partial charge in [-0.1, -0.05) is 12.1 Å². The number of carbonyl (C=O) groups excluding carboxylic acids is 1. The highest BCUT2D eigenvalue weighted by atomic mass is 16.5. The second-order valence-electron chi connectivity index (χ2n) is 4.99. The fraction of sp³-hybridized carbons (Fsp3) is 0.235. The van der Waals surface area contributed by atoms with Crippen LogP contribution in [0.15, 0.2) is 42.5 Å². The van der Waals surface area contributed by atoms with Gasteiger partial charge in [0.15, 0.2) is 0 Å². The van der Waals surface area contributed by atoms with E-state index < -0.39 is 0 Å². The van der Waals surface area contributed by atoms with Gasteiger partial charge in [0, 0.05) is 17.3 Å². The Morgan fingerprint density at radius 3 is 2.57 bits per heavy atom. The summed E-state index contributed by atoms with van der Waals surface area (Å²) in [7, 11) is 1.37. The monoisotopic (exact) mass is 285 g/mol. The molecule has 0 saturated heterocycles. The first kappa shape index (κ1) is 14.9. The molecule has 0 spiro atoms. The van der Waals surface area contributed by atoms with E-state index in [-0.39, 0.29) is 12.1 Å². The summed E-state index contributed by atoms with van der Waals surface area (Å²) in [6.07, 6.45) is 0.0364. The van der Waals surface area contributed by atoms with Crippen LogP contribution in [0.5, 0.6) is 5.75 Å². The van der Waals surface area contributed by atoms with E-state index in [0.717, 1.165) is 11.1 Å². The van der Waals surface area contributed by atoms with Gasteiger partial charge in [0.1, 0.15) is 5.75 Å². The molecule has 0 amide bonds. The fourth-order valence-corrected chi connectivity index (χ4v) is 2.06. The number of hydrogen-bond donors (Lipinski definition) is 1. The molecule has 0 fully saturated rings. The Hall–Kier alpha value is -2.49. The van der Waals surface area contributed by atoms with Crippen molar-refractivity contribution in [2.75, 3.05) is 12.8 Å². The number of nitrogens with two attached hydrogens (primary N) is 1. The average Bonchev–Trinajstić information content (AvgIpc) is 2.46. The summed E-state index contributed by atoms with van der Waals surface area (Å²) in [5.41, 5.74) is 8.74. The third kappa shape index (κ3) is 3.54. The lowest BCUT2D eigenvalue weighted by molar-refractivity contribution is 0.0601. The van der Waals surface area contributed by atoms with E-state index in [2.05, 4.69) is 0 Å². The van der Waals surface area contributed by atoms with E-state index in [1.807, 2.05) is 38.1 Å². The summed E-state index contributed by atoms with van der Waals surface area (Å²) < 4.78 is 10.6. The van der Waals surface area contributed by atoms with E-state index in [0.29, 0.717) is 17.0 Å². The third-order valence-electron chi connectivity index (χ3n) is 2.96. The molecule has 2 aromatic carbocycles. The van der Waals surface area contributed by atoms with Crippen LogP contribution in [-0.4, -0.2) is 19.2 Å². The highest BCUT2D eigenvalue weighted by Crippen LogP contribution is 2.33. The molecule has 2 rings (SSSR count). The lowest BCUT2D eigenvalue weighted by atomic mass is 10.0. The molecule has 0 aliphatic heterocycles. The van der Waals surface area contributed by atoms with E-state index in [9.17, 15) is 4.79 Å². The van der Waals surface area contributed by atoms with Crippen LogP contribution in [0.3, 0.4) is 0 Å². The maximum absolute atomic E-state index is 11.6. The molecule has 0 saturated carbocycles. The van der Waals surface area contributed by atoms with Crippen molar-refractivity contribution in [2.45, 2.75) is 20.0 Å². The quantitative estimate of drug-likeness (QED) is 0.689. The first-order valence-electron chi connectivity index (χ1n) is 6.76. The summed E-state index contributed by atoms with van der Waals surface area (Å²) in [6.45, 7) is 3.91. The van der Waals surface area contributed by atoms with Gasteiger partial charge in [-0.05, 0) is 43.7 Å². The Bertz CT molecular complexity index is 650. The van der Waals surface area contributed by atoms with Gasteiger partial charge in [0.25, 0.3) is 0 Å². The summed E-state index contributed by atoms with van der Waals surface area (Å²) in [5.74, 6) is 0.339. The van der Waals surface area contributed by atoms with Gasteiger partial charge >= 0.3 is 5.97 Å². The maximum Gasteiger partial charge on any atom is 0.337 e. The van der Waals surface area contributed by atoms with Crippen LogP contribution in [-0.2, 0) is 4.74 Å². The van der Waals surface area contributed by atoms with Crippen molar-refractivity contribution in [3.05, 3.63) is 48.0 Å². The molecular formula is C17H19NO3. The Balaban J connectivity index is 2.48. The molecule has 4 heteroatoms. The molecule has 4 nitrogen and oxygen atoms in total. The number of rotatable bonds is 4. The van der Waals surface area contributed by atoms with E-state index in [1.165, 1.54) is 7.11 Å². The summed E-state index contributed by atoms with van der Waals surface area (Å²) in [6, 6.07) is 12.7. The number of ether oxygens (including phenoxy) is 2. The van der Waals surface area contributed by atoms with Crippen LogP contribution in [0.2, 0.25) is 0 Å². The van der Waals surface area contributed by atoms with Crippen molar-refractivity contribution in [2.24, 2.45) is 0 Å². The van der Waals surface area contributed by atoms with Gasteiger partial charge in [0.2, 0.25) is 0 Å². The molecule has 0 aromatic heterocycles. The van der Waals surface area contributed by atoms with E-state index in [1.54, 1.807) is 18.2 Å². The zero-order chi connectivity index (χ0) is 15.4. The molecule has 21 heavy (non-hydrogen) atoms. The van der Waals surface area contributed by atoms with E-state index >= 15 is 0 Å². The number of anilines is 1. The molecule has 110 valence electrons. The number of hydrogen-bond acceptors (Lipinski definition) is 4. The normalized spacial score (nSPS) is 10.5. The van der Waals surface area contributed by atoms with Crippen LogP contribution in [0, 0.1) is 0 Å². The Morgan fingerprint density at radius 2 is 1.90 bits per heavy atom. The molecule has 2 N–H and O–H groups in total. The molecular weight excluding hydrogens is 266 g/mol. The van der Waals surface area contributed by atoms with Crippen LogP contribution in [0.1, 0.15) is 24.2 Å². The number of carbonyl (C=O) groups is 1. The molecule has 0 aliphatic carbocycles. The SMILES string of the molecule is COC(=O)c1cccc(-c2ccc(N)cc2OC(C)C)c1. The highest BCUT2D eigenvalue weighted by molar-refractivity contribution is 5.91. The van der Waals surface area contributed by atoms with Crippen LogP contribution < -0.4 is 10.5 Å². The van der Waals surface area contributed by atoms with Crippen molar-refractivity contribution < 1.29 is 14.3 Å². The van der Waals surface area contributed by atoms with Gasteiger partial charge in [-0.15, -0.1) is 0 Å². The molecule has 0 bridgehead atoms. The van der Waals surface area contributed by atoms with Crippen LogP contribution in [0.25, 0.3) is 11.1 Å². The summed E-state index contributed by atoms with van der Waals surface area (Å²) in [5, 5.41) is 0. The fourth-order valence-electron chi connectivity index (χ4n) is 2.06. The van der Waals surface area contributed by atoms with Crippen molar-refractivity contribution in [1.29, 1.82) is 0 Å². The topological polar surface area (TPSA) is 61.5 Å². The maximum atomic E-state index is 11.6. The average molecular weight is 285 g/mol. The molecule has 0 aliphatic rings. The molecule has 2 aromatic rings. The second-order valence-corrected chi connectivity index (χ2v) is 4.99.